The minimum absolute atomic E-state index is 0.0481. The lowest BCUT2D eigenvalue weighted by molar-refractivity contribution is -0.149. The molecule has 0 bridgehead atoms. The summed E-state index contributed by atoms with van der Waals surface area (Å²) < 4.78 is 11.8. The summed E-state index contributed by atoms with van der Waals surface area (Å²) in [6.45, 7) is 3.17. The average molecular weight is 447 g/mol. The number of hydrogen-bond donors (Lipinski definition) is 0. The van der Waals surface area contributed by atoms with Gasteiger partial charge in [-0.25, -0.2) is 0 Å². The summed E-state index contributed by atoms with van der Waals surface area (Å²) in [5, 5.41) is 6.46. The van der Waals surface area contributed by atoms with Crippen molar-refractivity contribution in [2.75, 3.05) is 46.5 Å². The molecule has 0 unspecified atom stereocenters. The van der Waals surface area contributed by atoms with E-state index in [0.717, 1.165) is 10.6 Å². The van der Waals surface area contributed by atoms with E-state index >= 15 is 0 Å². The number of morpholine rings is 1. The molecule has 2 aromatic heterocycles. The second kappa shape index (κ2) is 9.61. The normalized spacial score (nSPS) is 17.6. The van der Waals surface area contributed by atoms with Gasteiger partial charge in [-0.05, 0) is 30.4 Å². The van der Waals surface area contributed by atoms with Crippen LogP contribution in [0.5, 0.6) is 0 Å². The molecule has 4 heterocycles. The van der Waals surface area contributed by atoms with Gasteiger partial charge < -0.3 is 19.3 Å². The van der Waals surface area contributed by atoms with Gasteiger partial charge in [-0.15, -0.1) is 11.3 Å². The largest absolute Gasteiger partial charge is 0.469 e. The lowest BCUT2D eigenvalue weighted by Gasteiger charge is -2.30. The summed E-state index contributed by atoms with van der Waals surface area (Å²) in [6, 6.07) is 5.65. The highest BCUT2D eigenvalue weighted by molar-refractivity contribution is 7.13. The van der Waals surface area contributed by atoms with Crippen LogP contribution in [0.25, 0.3) is 10.6 Å². The molecule has 2 fully saturated rings. The molecule has 10 heteroatoms. The van der Waals surface area contributed by atoms with Crippen molar-refractivity contribution in [2.24, 2.45) is 5.92 Å². The van der Waals surface area contributed by atoms with Gasteiger partial charge in [0.1, 0.15) is 6.54 Å². The van der Waals surface area contributed by atoms with E-state index in [1.807, 2.05) is 17.5 Å². The second-order valence-electron chi connectivity index (χ2n) is 7.63. The molecule has 0 aromatic carbocycles. The fraction of sp³-hybridized carbons (Fsp3) is 0.524. The first-order valence-electron chi connectivity index (χ1n) is 10.4. The number of rotatable bonds is 5. The van der Waals surface area contributed by atoms with Crippen LogP contribution in [0, 0.1) is 5.92 Å². The highest BCUT2D eigenvalue weighted by Crippen LogP contribution is 2.27. The van der Waals surface area contributed by atoms with Crippen LogP contribution in [-0.2, 0) is 25.6 Å². The molecule has 0 N–H and O–H groups in total. The fourth-order valence-electron chi connectivity index (χ4n) is 3.95. The zero-order chi connectivity index (χ0) is 21.8. The van der Waals surface area contributed by atoms with Gasteiger partial charge in [-0.1, -0.05) is 6.07 Å². The number of aromatic nitrogens is 2. The number of nitrogens with zero attached hydrogens (tertiary/aromatic N) is 4. The third-order valence-corrected chi connectivity index (χ3v) is 6.63. The maximum Gasteiger partial charge on any atom is 0.308 e. The Balaban J connectivity index is 1.49. The summed E-state index contributed by atoms with van der Waals surface area (Å²) in [5.41, 5.74) is 1.09. The third kappa shape index (κ3) is 4.80. The van der Waals surface area contributed by atoms with E-state index in [-0.39, 0.29) is 30.2 Å². The quantitative estimate of drug-likeness (QED) is 0.646. The highest BCUT2D eigenvalue weighted by Gasteiger charge is 2.29. The van der Waals surface area contributed by atoms with E-state index in [9.17, 15) is 14.4 Å². The number of amides is 2. The second-order valence-corrected chi connectivity index (χ2v) is 8.58. The molecule has 2 aliphatic rings. The monoisotopic (exact) mass is 446 g/mol. The molecule has 2 saturated heterocycles. The smallest absolute Gasteiger partial charge is 0.308 e. The zero-order valence-electron chi connectivity index (χ0n) is 17.5. The van der Waals surface area contributed by atoms with Gasteiger partial charge in [0.25, 0.3) is 5.91 Å². The zero-order valence-corrected chi connectivity index (χ0v) is 18.3. The van der Waals surface area contributed by atoms with Crippen molar-refractivity contribution >= 4 is 29.1 Å². The topological polar surface area (TPSA) is 94.0 Å². The molecule has 4 rings (SSSR count). The van der Waals surface area contributed by atoms with Crippen LogP contribution in [0.2, 0.25) is 0 Å². The number of carbonyl (C=O) groups excluding carboxylic acids is 3. The van der Waals surface area contributed by atoms with Crippen LogP contribution in [-0.4, -0.2) is 83.9 Å². The molecule has 2 aliphatic heterocycles. The van der Waals surface area contributed by atoms with Crippen LogP contribution in [0.15, 0.2) is 23.6 Å². The number of ether oxygens (including phenoxy) is 2. The molecule has 2 amide bonds. The van der Waals surface area contributed by atoms with E-state index in [1.165, 1.54) is 18.4 Å². The van der Waals surface area contributed by atoms with Crippen molar-refractivity contribution in [3.8, 4) is 10.6 Å². The van der Waals surface area contributed by atoms with Gasteiger partial charge in [0.15, 0.2) is 5.69 Å². The van der Waals surface area contributed by atoms with E-state index in [1.54, 1.807) is 20.5 Å². The fourth-order valence-corrected chi connectivity index (χ4v) is 4.70. The van der Waals surface area contributed by atoms with Gasteiger partial charge >= 0.3 is 5.97 Å². The van der Waals surface area contributed by atoms with Crippen LogP contribution >= 0.6 is 11.3 Å². The summed E-state index contributed by atoms with van der Waals surface area (Å²) in [7, 11) is 1.39. The first kappa shape index (κ1) is 21.5. The van der Waals surface area contributed by atoms with E-state index in [4.69, 9.17) is 9.47 Å². The summed E-state index contributed by atoms with van der Waals surface area (Å²) in [6.07, 6.45) is 1.19. The van der Waals surface area contributed by atoms with Gasteiger partial charge in [0.05, 0.1) is 36.8 Å². The summed E-state index contributed by atoms with van der Waals surface area (Å²) in [4.78, 5) is 42.0. The lowest BCUT2D eigenvalue weighted by atomic mass is 9.97. The van der Waals surface area contributed by atoms with Gasteiger partial charge in [0, 0.05) is 26.2 Å². The van der Waals surface area contributed by atoms with E-state index in [2.05, 4.69) is 5.10 Å². The first-order chi connectivity index (χ1) is 15.1. The Kier molecular flexibility index (Phi) is 6.67. The molecular formula is C21H26N4O5S. The van der Waals surface area contributed by atoms with Crippen LogP contribution in [0.1, 0.15) is 23.3 Å². The molecule has 166 valence electrons. The molecular weight excluding hydrogens is 420 g/mol. The van der Waals surface area contributed by atoms with Crippen LogP contribution in [0.3, 0.4) is 0 Å². The van der Waals surface area contributed by atoms with E-state index < -0.39 is 0 Å². The van der Waals surface area contributed by atoms with Crippen LogP contribution < -0.4 is 0 Å². The highest BCUT2D eigenvalue weighted by atomic mass is 32.1. The Hall–Kier alpha value is -2.72. The standard InChI is InChI=1S/C21H26N4O5S/c1-29-21(28)15-4-6-23(7-5-15)19(26)14-25-17(18-3-2-12-31-18)13-16(22-25)20(27)24-8-10-30-11-9-24/h2-3,12-13,15H,4-11,14H2,1H3. The number of piperidine rings is 1. The molecule has 2 aromatic rings. The SMILES string of the molecule is COC(=O)C1CCN(C(=O)Cn2nc(C(=O)N3CCOCC3)cc2-c2cccs2)CC1. The van der Waals surface area contributed by atoms with Crippen molar-refractivity contribution in [2.45, 2.75) is 19.4 Å². The maximum atomic E-state index is 13.0. The van der Waals surface area contributed by atoms with Gasteiger partial charge in [0.2, 0.25) is 5.91 Å². The van der Waals surface area contributed by atoms with Gasteiger partial charge in [-0.3, -0.25) is 19.1 Å². The Labute approximate surface area is 184 Å². The number of thiophene rings is 1. The van der Waals surface area contributed by atoms with Crippen molar-refractivity contribution in [3.63, 3.8) is 0 Å². The van der Waals surface area contributed by atoms with Crippen molar-refractivity contribution in [1.29, 1.82) is 0 Å². The van der Waals surface area contributed by atoms with Crippen molar-refractivity contribution in [1.82, 2.24) is 19.6 Å². The number of hydrogen-bond acceptors (Lipinski definition) is 7. The number of likely N-dealkylation sites (tertiary alicyclic amines) is 1. The predicted octanol–water partition coefficient (Wildman–Crippen LogP) is 1.50. The Bertz CT molecular complexity index is 928. The Morgan fingerprint density at radius 1 is 1.16 bits per heavy atom. The molecule has 0 aliphatic carbocycles. The number of carbonyl (C=O) groups is 3. The van der Waals surface area contributed by atoms with Crippen molar-refractivity contribution in [3.05, 3.63) is 29.3 Å². The summed E-state index contributed by atoms with van der Waals surface area (Å²) >= 11 is 1.54. The molecule has 0 radical (unpaired) electrons. The van der Waals surface area contributed by atoms with Crippen LogP contribution in [0.4, 0.5) is 0 Å². The predicted molar refractivity (Wildman–Crippen MR) is 114 cm³/mol. The van der Waals surface area contributed by atoms with E-state index in [0.29, 0.717) is 57.9 Å². The third-order valence-electron chi connectivity index (χ3n) is 5.74. The molecule has 31 heavy (non-hydrogen) atoms. The Morgan fingerprint density at radius 3 is 2.55 bits per heavy atom. The first-order valence-corrected chi connectivity index (χ1v) is 11.3. The molecule has 0 spiro atoms. The molecule has 9 nitrogen and oxygen atoms in total. The molecule has 0 saturated carbocycles. The minimum Gasteiger partial charge on any atom is -0.469 e. The minimum atomic E-state index is -0.217. The lowest BCUT2D eigenvalue weighted by Crippen LogP contribution is -2.42. The maximum absolute atomic E-state index is 13.0. The van der Waals surface area contributed by atoms with Gasteiger partial charge in [-0.2, -0.15) is 5.10 Å². The summed E-state index contributed by atoms with van der Waals surface area (Å²) in [5.74, 6) is -0.593. The number of methoxy groups -OCH3 is 1. The average Bonchev–Trinajstić information content (AvgIpc) is 3.49. The number of esters is 1. The van der Waals surface area contributed by atoms with Crippen molar-refractivity contribution < 1.29 is 23.9 Å². The molecule has 0 atom stereocenters. The Morgan fingerprint density at radius 2 is 1.90 bits per heavy atom.